The lowest BCUT2D eigenvalue weighted by Gasteiger charge is -2.39. The number of carbonyl (C=O) groups excluding carboxylic acids is 2. The molecular formula is C35H40N2O5S. The molecule has 0 aliphatic carbocycles. The van der Waals surface area contributed by atoms with Gasteiger partial charge in [0, 0.05) is 11.6 Å². The molecular weight excluding hydrogens is 560 g/mol. The van der Waals surface area contributed by atoms with Gasteiger partial charge in [0.15, 0.2) is 0 Å². The Kier molecular flexibility index (Phi) is 9.18. The molecule has 1 fully saturated rings. The molecule has 226 valence electrons. The Morgan fingerprint density at radius 1 is 1.02 bits per heavy atom. The van der Waals surface area contributed by atoms with E-state index >= 15 is 0 Å². The Morgan fingerprint density at radius 2 is 1.74 bits per heavy atom. The van der Waals surface area contributed by atoms with E-state index < -0.39 is 5.91 Å². The van der Waals surface area contributed by atoms with Crippen LogP contribution >= 0.6 is 11.8 Å². The van der Waals surface area contributed by atoms with E-state index in [1.54, 1.807) is 18.2 Å². The van der Waals surface area contributed by atoms with Crippen LogP contribution in [0.25, 0.3) is 0 Å². The average Bonchev–Trinajstić information content (AvgIpc) is 3.26. The van der Waals surface area contributed by atoms with Crippen LogP contribution in [-0.2, 0) is 17.8 Å². The molecule has 8 heteroatoms. The molecule has 2 aliphatic heterocycles. The zero-order chi connectivity index (χ0) is 30.7. The SMILES string of the molecule is C=C1SC(=O)N(c2ccccc2OCC(CCC2(C)CCc3c(C)c(OCc4ccccc4)c(C)c(C)c3O2)NC)C1=O. The van der Waals surface area contributed by atoms with E-state index in [1.807, 2.05) is 31.3 Å². The van der Waals surface area contributed by atoms with Gasteiger partial charge in [-0.25, -0.2) is 4.90 Å². The molecule has 3 aromatic rings. The first-order valence-corrected chi connectivity index (χ1v) is 15.6. The number of hydrogen-bond acceptors (Lipinski definition) is 7. The second kappa shape index (κ2) is 12.9. The Labute approximate surface area is 258 Å². The summed E-state index contributed by atoms with van der Waals surface area (Å²) in [6, 6.07) is 17.4. The first kappa shape index (κ1) is 30.7. The van der Waals surface area contributed by atoms with E-state index in [0.29, 0.717) is 24.7 Å². The maximum Gasteiger partial charge on any atom is 0.298 e. The number of ether oxygens (including phenoxy) is 3. The fourth-order valence-electron chi connectivity index (χ4n) is 5.76. The van der Waals surface area contributed by atoms with Crippen LogP contribution in [0.4, 0.5) is 10.5 Å². The number of rotatable bonds is 11. The van der Waals surface area contributed by atoms with E-state index in [4.69, 9.17) is 14.2 Å². The van der Waals surface area contributed by atoms with Crippen LogP contribution in [0.2, 0.25) is 0 Å². The van der Waals surface area contributed by atoms with Crippen LogP contribution in [0.1, 0.15) is 54.0 Å². The molecule has 7 nitrogen and oxygen atoms in total. The summed E-state index contributed by atoms with van der Waals surface area (Å²) in [5.41, 5.74) is 5.91. The predicted octanol–water partition coefficient (Wildman–Crippen LogP) is 7.44. The highest BCUT2D eigenvalue weighted by Crippen LogP contribution is 2.45. The summed E-state index contributed by atoms with van der Waals surface area (Å²) in [7, 11) is 1.92. The number of hydrogen-bond donors (Lipinski definition) is 1. The number of nitrogens with one attached hydrogen (secondary N) is 1. The first-order valence-electron chi connectivity index (χ1n) is 14.7. The van der Waals surface area contributed by atoms with Gasteiger partial charge in [-0.3, -0.25) is 9.59 Å². The molecule has 0 aromatic heterocycles. The van der Waals surface area contributed by atoms with Crippen LogP contribution in [0, 0.1) is 20.8 Å². The van der Waals surface area contributed by atoms with E-state index in [-0.39, 0.29) is 21.8 Å². The van der Waals surface area contributed by atoms with Crippen molar-refractivity contribution in [2.24, 2.45) is 0 Å². The fraction of sp³-hybridized carbons (Fsp3) is 0.371. The van der Waals surface area contributed by atoms with Crippen LogP contribution in [-0.4, -0.2) is 36.4 Å². The van der Waals surface area contributed by atoms with Gasteiger partial charge in [-0.15, -0.1) is 0 Å². The fourth-order valence-corrected chi connectivity index (χ4v) is 6.42. The largest absolute Gasteiger partial charge is 0.490 e. The average molecular weight is 601 g/mol. The van der Waals surface area contributed by atoms with E-state index in [0.717, 1.165) is 76.1 Å². The Balaban J connectivity index is 1.23. The number of benzene rings is 3. The minimum absolute atomic E-state index is 0.0440. The number of thioether (sulfide) groups is 1. The third-order valence-corrected chi connectivity index (χ3v) is 9.38. The molecule has 1 saturated heterocycles. The lowest BCUT2D eigenvalue weighted by molar-refractivity contribution is -0.113. The molecule has 2 atom stereocenters. The molecule has 0 bridgehead atoms. The summed E-state index contributed by atoms with van der Waals surface area (Å²) >= 11 is 0.847. The molecule has 3 aromatic carbocycles. The van der Waals surface area contributed by atoms with E-state index in [2.05, 4.69) is 51.7 Å². The quantitative estimate of drug-likeness (QED) is 0.229. The minimum atomic E-state index is -0.408. The number of likely N-dealkylation sites (N-methyl/N-ethyl adjacent to an activating group) is 1. The van der Waals surface area contributed by atoms with Crippen molar-refractivity contribution in [3.63, 3.8) is 0 Å². The summed E-state index contributed by atoms with van der Waals surface area (Å²) in [5, 5.41) is 3.00. The second-order valence-corrected chi connectivity index (χ2v) is 12.6. The van der Waals surface area contributed by atoms with Gasteiger partial charge in [0.05, 0.1) is 10.6 Å². The standard InChI is InChI=1S/C35H40N2O5S/c1-22-23(2)32-28(24(3)31(22)41-20-26-12-8-7-9-13-26)17-19-35(5,42-32)18-16-27(36-6)21-40-30-15-11-10-14-29(30)37-33(38)25(4)43-34(37)39/h7-15,27,36H,4,16-21H2,1-3,5-6H3. The summed E-state index contributed by atoms with van der Waals surface area (Å²) in [5.74, 6) is 2.02. The third-order valence-electron chi connectivity index (χ3n) is 8.60. The second-order valence-electron chi connectivity index (χ2n) is 11.6. The van der Waals surface area contributed by atoms with Gasteiger partial charge in [0.1, 0.15) is 36.1 Å². The van der Waals surface area contributed by atoms with Gasteiger partial charge < -0.3 is 19.5 Å². The number of nitrogens with zero attached hydrogens (tertiary/aromatic N) is 1. The van der Waals surface area contributed by atoms with Crippen LogP contribution in [0.15, 0.2) is 66.1 Å². The van der Waals surface area contributed by atoms with Crippen molar-refractivity contribution in [1.82, 2.24) is 5.32 Å². The molecule has 1 N–H and O–H groups in total. The molecule has 0 radical (unpaired) electrons. The lowest BCUT2D eigenvalue weighted by atomic mass is 9.84. The Bertz CT molecular complexity index is 1540. The molecule has 2 unspecified atom stereocenters. The number of anilines is 1. The van der Waals surface area contributed by atoms with Crippen LogP contribution in [0.5, 0.6) is 17.2 Å². The highest BCUT2D eigenvalue weighted by Gasteiger charge is 2.37. The zero-order valence-corrected chi connectivity index (χ0v) is 26.4. The molecule has 0 saturated carbocycles. The first-order chi connectivity index (χ1) is 20.6. The van der Waals surface area contributed by atoms with Crippen molar-refractivity contribution < 1.29 is 23.8 Å². The number of para-hydroxylation sites is 2. The lowest BCUT2D eigenvalue weighted by Crippen LogP contribution is -2.40. The van der Waals surface area contributed by atoms with Crippen LogP contribution in [0.3, 0.4) is 0 Å². The van der Waals surface area contributed by atoms with Gasteiger partial charge in [-0.1, -0.05) is 49.0 Å². The van der Waals surface area contributed by atoms with Crippen molar-refractivity contribution in [2.75, 3.05) is 18.6 Å². The highest BCUT2D eigenvalue weighted by atomic mass is 32.2. The normalized spacial score (nSPS) is 18.8. The summed E-state index contributed by atoms with van der Waals surface area (Å²) in [4.78, 5) is 26.3. The summed E-state index contributed by atoms with van der Waals surface area (Å²) in [6.45, 7) is 13.2. The number of carbonyl (C=O) groups is 2. The summed E-state index contributed by atoms with van der Waals surface area (Å²) < 4.78 is 19.3. The number of imide groups is 1. The van der Waals surface area contributed by atoms with Crippen LogP contribution < -0.4 is 24.4 Å². The van der Waals surface area contributed by atoms with Gasteiger partial charge in [0.25, 0.3) is 11.1 Å². The maximum atomic E-state index is 12.5. The van der Waals surface area contributed by atoms with Gasteiger partial charge in [0.2, 0.25) is 0 Å². The number of fused-ring (bicyclic) bond motifs is 1. The molecule has 2 heterocycles. The topological polar surface area (TPSA) is 77.1 Å². The van der Waals surface area contributed by atoms with Crippen molar-refractivity contribution in [3.05, 3.63) is 93.9 Å². The maximum absolute atomic E-state index is 12.5. The van der Waals surface area contributed by atoms with Gasteiger partial charge in [-0.2, -0.15) is 0 Å². The Hall–Kier alpha value is -3.75. The smallest absolute Gasteiger partial charge is 0.298 e. The van der Waals surface area contributed by atoms with Gasteiger partial charge >= 0.3 is 0 Å². The minimum Gasteiger partial charge on any atom is -0.490 e. The highest BCUT2D eigenvalue weighted by molar-refractivity contribution is 8.18. The predicted molar refractivity (Wildman–Crippen MR) is 172 cm³/mol. The van der Waals surface area contributed by atoms with Gasteiger partial charge in [-0.05, 0) is 107 Å². The monoisotopic (exact) mass is 600 g/mol. The molecule has 2 aliphatic rings. The van der Waals surface area contributed by atoms with E-state index in [1.165, 1.54) is 5.56 Å². The summed E-state index contributed by atoms with van der Waals surface area (Å²) in [6.07, 6.45) is 3.50. The van der Waals surface area contributed by atoms with Crippen molar-refractivity contribution in [1.29, 1.82) is 0 Å². The van der Waals surface area contributed by atoms with Crippen molar-refractivity contribution in [3.8, 4) is 17.2 Å². The molecule has 2 amide bonds. The third kappa shape index (κ3) is 6.45. The molecule has 0 spiro atoms. The van der Waals surface area contributed by atoms with Crippen molar-refractivity contribution >= 4 is 28.6 Å². The Morgan fingerprint density at radius 3 is 2.44 bits per heavy atom. The molecule has 5 rings (SSSR count). The van der Waals surface area contributed by atoms with Crippen molar-refractivity contribution in [2.45, 2.75) is 71.6 Å². The number of amides is 2. The molecule has 43 heavy (non-hydrogen) atoms. The zero-order valence-electron chi connectivity index (χ0n) is 25.6. The van der Waals surface area contributed by atoms with E-state index in [9.17, 15) is 9.59 Å².